The zero-order valence-electron chi connectivity index (χ0n) is 20.8. The fourth-order valence-electron chi connectivity index (χ4n) is 6.25. The van der Waals surface area contributed by atoms with Crippen LogP contribution in [0.15, 0.2) is 18.2 Å². The largest absolute Gasteiger partial charge is 0.372 e. The van der Waals surface area contributed by atoms with Crippen molar-refractivity contribution in [1.82, 2.24) is 19.6 Å². The van der Waals surface area contributed by atoms with E-state index in [0.29, 0.717) is 18.8 Å². The third kappa shape index (κ3) is 4.11. The maximum absolute atomic E-state index is 13.4. The van der Waals surface area contributed by atoms with E-state index in [4.69, 9.17) is 9.84 Å². The van der Waals surface area contributed by atoms with Crippen molar-refractivity contribution in [2.45, 2.75) is 64.7 Å². The topological polar surface area (TPSA) is 70.9 Å². The van der Waals surface area contributed by atoms with Crippen molar-refractivity contribution >= 4 is 17.5 Å². The van der Waals surface area contributed by atoms with Gasteiger partial charge in [-0.25, -0.2) is 0 Å². The van der Waals surface area contributed by atoms with Crippen LogP contribution in [0, 0.1) is 0 Å². The number of aryl methyl sites for hydroxylation is 1. The molecule has 2 aliphatic carbocycles. The van der Waals surface area contributed by atoms with Crippen LogP contribution >= 0.6 is 0 Å². The van der Waals surface area contributed by atoms with Crippen LogP contribution in [0.25, 0.3) is 0 Å². The Morgan fingerprint density at radius 1 is 0.943 bits per heavy atom. The molecule has 2 aromatic rings. The number of carbonyl (C=O) groups excluding carboxylic acids is 2. The van der Waals surface area contributed by atoms with E-state index < -0.39 is 0 Å². The van der Waals surface area contributed by atoms with Crippen molar-refractivity contribution < 1.29 is 14.3 Å². The average molecular weight is 478 g/mol. The molecule has 2 amide bonds. The summed E-state index contributed by atoms with van der Waals surface area (Å²) in [4.78, 5) is 32.9. The summed E-state index contributed by atoms with van der Waals surface area (Å²) in [5.41, 5.74) is 6.96. The van der Waals surface area contributed by atoms with Crippen LogP contribution in [0.2, 0.25) is 0 Å². The maximum atomic E-state index is 13.4. The Bertz CT molecular complexity index is 1140. The molecule has 0 radical (unpaired) electrons. The van der Waals surface area contributed by atoms with E-state index in [1.807, 2.05) is 28.3 Å². The smallest absolute Gasteiger partial charge is 0.274 e. The number of aromatic nitrogens is 2. The summed E-state index contributed by atoms with van der Waals surface area (Å²) >= 11 is 0. The second-order valence-corrected chi connectivity index (χ2v) is 10.5. The SMILES string of the molecule is C[C@@H]1CN(C(=O)c2nn(CC(=O)N3CCN(c4cccc5c4CC5)CC3)c3c2CCC3)C[C@H](C)O1. The van der Waals surface area contributed by atoms with Gasteiger partial charge in [0.05, 0.1) is 12.2 Å². The summed E-state index contributed by atoms with van der Waals surface area (Å²) in [5, 5.41) is 4.71. The van der Waals surface area contributed by atoms with Crippen LogP contribution in [-0.4, -0.2) is 82.9 Å². The number of rotatable bonds is 4. The first kappa shape index (κ1) is 22.6. The van der Waals surface area contributed by atoms with Gasteiger partial charge in [-0.1, -0.05) is 12.1 Å². The average Bonchev–Trinajstić information content (AvgIpc) is 3.42. The molecule has 8 nitrogen and oxygen atoms in total. The van der Waals surface area contributed by atoms with Gasteiger partial charge in [0.25, 0.3) is 5.91 Å². The Kier molecular flexibility index (Phi) is 5.79. The van der Waals surface area contributed by atoms with Crippen LogP contribution in [0.4, 0.5) is 5.69 Å². The van der Waals surface area contributed by atoms with Gasteiger partial charge in [-0.2, -0.15) is 5.10 Å². The number of hydrogen-bond acceptors (Lipinski definition) is 5. The molecule has 8 heteroatoms. The molecule has 3 heterocycles. The standard InChI is InChI=1S/C27H35N5O3/c1-18-15-31(16-19(2)35-18)27(34)26-22-6-4-8-24(22)32(28-26)17-25(33)30-13-11-29(12-14-30)23-7-3-5-20-9-10-21(20)23/h3,5,7,18-19H,4,6,8-17H2,1-2H3/t18-,19+. The predicted octanol–water partition coefficient (Wildman–Crippen LogP) is 2.07. The molecule has 0 unspecified atom stereocenters. The summed E-state index contributed by atoms with van der Waals surface area (Å²) in [6.45, 7) is 8.54. The number of benzene rings is 1. The number of morpholine rings is 1. The first-order valence-corrected chi connectivity index (χ1v) is 13.1. The third-order valence-corrected chi connectivity index (χ3v) is 8.07. The van der Waals surface area contributed by atoms with Crippen LogP contribution in [0.3, 0.4) is 0 Å². The highest BCUT2D eigenvalue weighted by atomic mass is 16.5. The van der Waals surface area contributed by atoms with Gasteiger partial charge in [-0.15, -0.1) is 0 Å². The predicted molar refractivity (Wildman–Crippen MR) is 133 cm³/mol. The van der Waals surface area contributed by atoms with E-state index in [-0.39, 0.29) is 30.6 Å². The van der Waals surface area contributed by atoms with Crippen LogP contribution in [-0.2, 0) is 41.8 Å². The van der Waals surface area contributed by atoms with Gasteiger partial charge < -0.3 is 19.4 Å². The Hall–Kier alpha value is -2.87. The number of amides is 2. The first-order chi connectivity index (χ1) is 17.0. The quantitative estimate of drug-likeness (QED) is 0.674. The summed E-state index contributed by atoms with van der Waals surface area (Å²) in [6.07, 6.45) is 5.14. The molecule has 35 heavy (non-hydrogen) atoms. The second kappa shape index (κ2) is 8.97. The van der Waals surface area contributed by atoms with E-state index in [9.17, 15) is 9.59 Å². The zero-order chi connectivity index (χ0) is 24.1. The molecular weight excluding hydrogens is 442 g/mol. The van der Waals surface area contributed by atoms with Crippen LogP contribution in [0.1, 0.15) is 53.1 Å². The summed E-state index contributed by atoms with van der Waals surface area (Å²) < 4.78 is 7.62. The molecule has 1 aromatic carbocycles. The van der Waals surface area contributed by atoms with Gasteiger partial charge in [0, 0.05) is 56.2 Å². The number of ether oxygens (including phenoxy) is 1. The van der Waals surface area contributed by atoms with Gasteiger partial charge >= 0.3 is 0 Å². The normalized spacial score (nSPS) is 23.7. The number of anilines is 1. The van der Waals surface area contributed by atoms with Crippen molar-refractivity contribution in [2.24, 2.45) is 0 Å². The molecule has 2 saturated heterocycles. The minimum atomic E-state index is -0.0237. The van der Waals surface area contributed by atoms with Crippen molar-refractivity contribution in [3.05, 3.63) is 46.3 Å². The van der Waals surface area contributed by atoms with Gasteiger partial charge in [0.1, 0.15) is 6.54 Å². The highest BCUT2D eigenvalue weighted by molar-refractivity contribution is 5.94. The van der Waals surface area contributed by atoms with E-state index in [1.165, 1.54) is 29.7 Å². The highest BCUT2D eigenvalue weighted by Crippen LogP contribution is 2.33. The molecular formula is C27H35N5O3. The lowest BCUT2D eigenvalue weighted by Crippen LogP contribution is -2.50. The molecule has 2 fully saturated rings. The van der Waals surface area contributed by atoms with E-state index in [0.717, 1.165) is 56.7 Å². The Balaban J connectivity index is 1.13. The lowest BCUT2D eigenvalue weighted by molar-refractivity contribution is -0.132. The number of carbonyl (C=O) groups is 2. The minimum Gasteiger partial charge on any atom is -0.372 e. The molecule has 0 N–H and O–H groups in total. The second-order valence-electron chi connectivity index (χ2n) is 10.5. The summed E-state index contributed by atoms with van der Waals surface area (Å²) in [7, 11) is 0. The summed E-state index contributed by atoms with van der Waals surface area (Å²) in [5.74, 6) is 0.0694. The molecule has 0 bridgehead atoms. The monoisotopic (exact) mass is 477 g/mol. The molecule has 4 aliphatic rings. The lowest BCUT2D eigenvalue weighted by Gasteiger charge is -2.38. The van der Waals surface area contributed by atoms with Crippen molar-refractivity contribution in [3.63, 3.8) is 0 Å². The van der Waals surface area contributed by atoms with Crippen LogP contribution in [0.5, 0.6) is 0 Å². The number of piperazine rings is 1. The van der Waals surface area contributed by atoms with E-state index >= 15 is 0 Å². The lowest BCUT2D eigenvalue weighted by atomic mass is 9.86. The number of nitrogens with zero attached hydrogens (tertiary/aromatic N) is 5. The zero-order valence-corrected chi connectivity index (χ0v) is 20.8. The molecule has 186 valence electrons. The maximum Gasteiger partial charge on any atom is 0.274 e. The van der Waals surface area contributed by atoms with Gasteiger partial charge in [-0.05, 0) is 63.1 Å². The summed E-state index contributed by atoms with van der Waals surface area (Å²) in [6, 6.07) is 6.60. The van der Waals surface area contributed by atoms with Gasteiger partial charge in [0.2, 0.25) is 5.91 Å². The molecule has 2 atom stereocenters. The highest BCUT2D eigenvalue weighted by Gasteiger charge is 2.33. The van der Waals surface area contributed by atoms with Crippen molar-refractivity contribution in [2.75, 3.05) is 44.2 Å². The fourth-order valence-corrected chi connectivity index (χ4v) is 6.25. The molecule has 0 saturated carbocycles. The molecule has 0 spiro atoms. The van der Waals surface area contributed by atoms with Crippen molar-refractivity contribution in [3.8, 4) is 0 Å². The number of hydrogen-bond donors (Lipinski definition) is 0. The Labute approximate surface area is 206 Å². The van der Waals surface area contributed by atoms with E-state index in [2.05, 4.69) is 23.1 Å². The van der Waals surface area contributed by atoms with Gasteiger partial charge in [-0.3, -0.25) is 14.3 Å². The van der Waals surface area contributed by atoms with Crippen molar-refractivity contribution in [1.29, 1.82) is 0 Å². The van der Waals surface area contributed by atoms with E-state index in [1.54, 1.807) is 0 Å². The molecule has 2 aliphatic heterocycles. The minimum absolute atomic E-state index is 0.0191. The molecule has 6 rings (SSSR count). The fraction of sp³-hybridized carbons (Fsp3) is 0.593. The molecule has 1 aromatic heterocycles. The van der Waals surface area contributed by atoms with Crippen LogP contribution < -0.4 is 4.90 Å². The first-order valence-electron chi connectivity index (χ1n) is 13.1. The third-order valence-electron chi connectivity index (χ3n) is 8.07. The Morgan fingerprint density at radius 2 is 1.71 bits per heavy atom. The number of fused-ring (bicyclic) bond motifs is 2. The Morgan fingerprint density at radius 3 is 2.43 bits per heavy atom. The van der Waals surface area contributed by atoms with Gasteiger partial charge in [0.15, 0.2) is 5.69 Å².